The maximum atomic E-state index is 14.4. The summed E-state index contributed by atoms with van der Waals surface area (Å²) in [5, 5.41) is 14.2. The Morgan fingerprint density at radius 1 is 1.11 bits per heavy atom. The van der Waals surface area contributed by atoms with Gasteiger partial charge in [0.25, 0.3) is 5.91 Å². The Kier molecular flexibility index (Phi) is 7.62. The average molecular weight is 559 g/mol. The number of carboxylic acids is 1. The van der Waals surface area contributed by atoms with Gasteiger partial charge in [0.05, 0.1) is 22.0 Å². The van der Waals surface area contributed by atoms with Crippen LogP contribution in [0.5, 0.6) is 0 Å². The molecule has 0 saturated carbocycles. The maximum Gasteiger partial charge on any atom is 0.354 e. The van der Waals surface area contributed by atoms with E-state index in [9.17, 15) is 23.9 Å². The lowest BCUT2D eigenvalue weighted by Gasteiger charge is -2.51. The minimum Gasteiger partial charge on any atom is -0.477 e. The predicted molar refractivity (Wildman–Crippen MR) is 144 cm³/mol. The molecule has 2 amide bonds. The Hall–Kier alpha value is -3.69. The molecule has 1 fully saturated rings. The highest BCUT2D eigenvalue weighted by atomic mass is 35.5. The Morgan fingerprint density at radius 3 is 2.39 bits per heavy atom. The number of aromatic nitrogens is 1. The third-order valence-corrected chi connectivity index (χ3v) is 7.19. The third-order valence-electron chi connectivity index (χ3n) is 6.62. The molecule has 4 rings (SSSR count). The number of nitrogens with one attached hydrogen (secondary N) is 2. The summed E-state index contributed by atoms with van der Waals surface area (Å²) < 4.78 is 14.4. The first-order chi connectivity index (χ1) is 18.0. The summed E-state index contributed by atoms with van der Waals surface area (Å²) in [7, 11) is 1.42. The largest absolute Gasteiger partial charge is 0.477 e. The van der Waals surface area contributed by atoms with E-state index in [1.165, 1.54) is 19.2 Å². The molecule has 0 aliphatic carbocycles. The van der Waals surface area contributed by atoms with E-state index in [0.717, 1.165) is 17.2 Å². The standard InChI is InChI=1S/C27H25Cl2FN4O4/c1-14(2)15-6-4-5-7-17(15)27(12-34(13-27)22-9-8-20(25(36)37)32-23(22)29)26(38)33-21-11-19(30)18(28)10-16(21)24(35)31-3/h4-11,14H,12-13H2,1-3H3,(H,31,35)(H,33,38)(H,36,37). The molecule has 0 bridgehead atoms. The van der Waals surface area contributed by atoms with Crippen LogP contribution in [-0.4, -0.2) is 48.0 Å². The van der Waals surface area contributed by atoms with Crippen molar-refractivity contribution < 1.29 is 23.9 Å². The van der Waals surface area contributed by atoms with E-state index >= 15 is 0 Å². The first kappa shape index (κ1) is 27.3. The number of carbonyl (C=O) groups is 3. The molecule has 198 valence electrons. The van der Waals surface area contributed by atoms with E-state index in [0.29, 0.717) is 5.69 Å². The van der Waals surface area contributed by atoms with Crippen LogP contribution in [0.15, 0.2) is 48.5 Å². The molecule has 0 unspecified atom stereocenters. The zero-order valence-electron chi connectivity index (χ0n) is 20.8. The number of amides is 2. The van der Waals surface area contributed by atoms with Gasteiger partial charge < -0.3 is 20.6 Å². The lowest BCUT2D eigenvalue weighted by Crippen LogP contribution is -2.65. The molecule has 2 heterocycles. The number of hydrogen-bond acceptors (Lipinski definition) is 5. The Labute approximate surface area is 228 Å². The minimum atomic E-state index is -1.20. The fourth-order valence-corrected chi connectivity index (χ4v) is 5.08. The van der Waals surface area contributed by atoms with Gasteiger partial charge in [-0.3, -0.25) is 9.59 Å². The van der Waals surface area contributed by atoms with Crippen LogP contribution in [0.4, 0.5) is 15.8 Å². The van der Waals surface area contributed by atoms with Gasteiger partial charge in [0.15, 0.2) is 5.15 Å². The second kappa shape index (κ2) is 10.6. The number of nitrogens with zero attached hydrogens (tertiary/aromatic N) is 2. The predicted octanol–water partition coefficient (Wildman–Crippen LogP) is 5.11. The van der Waals surface area contributed by atoms with Gasteiger partial charge in [0, 0.05) is 20.1 Å². The monoisotopic (exact) mass is 558 g/mol. The Bertz CT molecular complexity index is 1440. The van der Waals surface area contributed by atoms with Crippen molar-refractivity contribution in [2.75, 3.05) is 30.4 Å². The van der Waals surface area contributed by atoms with Crippen LogP contribution >= 0.6 is 23.2 Å². The van der Waals surface area contributed by atoms with Gasteiger partial charge in [-0.05, 0) is 41.3 Å². The van der Waals surface area contributed by atoms with Crippen LogP contribution < -0.4 is 15.5 Å². The van der Waals surface area contributed by atoms with Crippen molar-refractivity contribution >= 4 is 52.4 Å². The molecule has 3 aromatic rings. The van der Waals surface area contributed by atoms with Crippen LogP contribution in [0.3, 0.4) is 0 Å². The zero-order valence-corrected chi connectivity index (χ0v) is 22.3. The number of carbonyl (C=O) groups excluding carboxylic acids is 2. The second-order valence-electron chi connectivity index (χ2n) is 9.34. The molecule has 38 heavy (non-hydrogen) atoms. The number of aromatic carboxylic acids is 1. The van der Waals surface area contributed by atoms with E-state index in [1.54, 1.807) is 6.07 Å². The van der Waals surface area contributed by atoms with Crippen LogP contribution in [0.2, 0.25) is 10.2 Å². The summed E-state index contributed by atoms with van der Waals surface area (Å²) in [6.07, 6.45) is 0. The molecule has 0 atom stereocenters. The van der Waals surface area contributed by atoms with Gasteiger partial charge >= 0.3 is 5.97 Å². The van der Waals surface area contributed by atoms with E-state index in [-0.39, 0.29) is 46.1 Å². The fraction of sp³-hybridized carbons (Fsp3) is 0.259. The molecule has 8 nitrogen and oxygen atoms in total. The molecule has 3 N–H and O–H groups in total. The highest BCUT2D eigenvalue weighted by molar-refractivity contribution is 6.32. The van der Waals surface area contributed by atoms with Crippen molar-refractivity contribution in [3.05, 3.63) is 86.9 Å². The van der Waals surface area contributed by atoms with E-state index in [1.807, 2.05) is 43.0 Å². The summed E-state index contributed by atoms with van der Waals surface area (Å²) in [6.45, 7) is 4.40. The molecule has 2 aromatic carbocycles. The first-order valence-corrected chi connectivity index (χ1v) is 12.5. The normalized spacial score (nSPS) is 14.1. The van der Waals surface area contributed by atoms with Gasteiger partial charge in [-0.2, -0.15) is 0 Å². The maximum absolute atomic E-state index is 14.4. The number of hydrogen-bond donors (Lipinski definition) is 3. The van der Waals surface area contributed by atoms with Gasteiger partial charge in [-0.1, -0.05) is 61.3 Å². The van der Waals surface area contributed by atoms with Gasteiger partial charge in [-0.25, -0.2) is 14.2 Å². The number of anilines is 2. The topological polar surface area (TPSA) is 112 Å². The highest BCUT2D eigenvalue weighted by Gasteiger charge is 2.52. The van der Waals surface area contributed by atoms with Crippen molar-refractivity contribution in [1.82, 2.24) is 10.3 Å². The minimum absolute atomic E-state index is 0.00210. The summed E-state index contributed by atoms with van der Waals surface area (Å²) >= 11 is 12.2. The number of carboxylic acid groups (broad SMARTS) is 1. The third kappa shape index (κ3) is 4.91. The average Bonchev–Trinajstić information content (AvgIpc) is 2.85. The lowest BCUT2D eigenvalue weighted by atomic mass is 9.69. The van der Waals surface area contributed by atoms with E-state index < -0.39 is 29.0 Å². The Morgan fingerprint density at radius 2 is 1.79 bits per heavy atom. The summed E-state index contributed by atoms with van der Waals surface area (Å²) in [4.78, 5) is 43.5. The van der Waals surface area contributed by atoms with Crippen molar-refractivity contribution in [1.29, 1.82) is 0 Å². The van der Waals surface area contributed by atoms with Crippen molar-refractivity contribution in [3.8, 4) is 0 Å². The fourth-order valence-electron chi connectivity index (χ4n) is 4.64. The molecule has 0 radical (unpaired) electrons. The van der Waals surface area contributed by atoms with E-state index in [4.69, 9.17) is 23.2 Å². The van der Waals surface area contributed by atoms with Crippen LogP contribution in [-0.2, 0) is 10.2 Å². The van der Waals surface area contributed by atoms with Crippen molar-refractivity contribution in [2.24, 2.45) is 0 Å². The zero-order chi connectivity index (χ0) is 27.8. The highest BCUT2D eigenvalue weighted by Crippen LogP contribution is 2.43. The SMILES string of the molecule is CNC(=O)c1cc(Cl)c(F)cc1NC(=O)C1(c2ccccc2C(C)C)CN(c2ccc(C(=O)O)nc2Cl)C1. The van der Waals surface area contributed by atoms with Gasteiger partial charge in [-0.15, -0.1) is 0 Å². The number of benzene rings is 2. The summed E-state index contributed by atoms with van der Waals surface area (Å²) in [5.41, 5.74) is 0.943. The molecular formula is C27H25Cl2FN4O4. The number of rotatable bonds is 7. The second-order valence-corrected chi connectivity index (χ2v) is 10.1. The molecule has 11 heteroatoms. The molecular weight excluding hydrogens is 534 g/mol. The molecule has 0 spiro atoms. The smallest absolute Gasteiger partial charge is 0.354 e. The molecule has 1 aromatic heterocycles. The van der Waals surface area contributed by atoms with Crippen LogP contribution in [0.1, 0.15) is 51.7 Å². The molecule has 1 saturated heterocycles. The number of pyridine rings is 1. The quantitative estimate of drug-likeness (QED) is 0.347. The van der Waals surface area contributed by atoms with Gasteiger partial charge in [0.1, 0.15) is 16.9 Å². The Balaban J connectivity index is 1.76. The van der Waals surface area contributed by atoms with E-state index in [2.05, 4.69) is 15.6 Å². The summed E-state index contributed by atoms with van der Waals surface area (Å²) in [6, 6.07) is 12.6. The molecule has 1 aliphatic heterocycles. The van der Waals surface area contributed by atoms with Crippen LogP contribution in [0.25, 0.3) is 0 Å². The first-order valence-electron chi connectivity index (χ1n) is 11.7. The van der Waals surface area contributed by atoms with Crippen molar-refractivity contribution in [2.45, 2.75) is 25.2 Å². The number of halogens is 3. The lowest BCUT2D eigenvalue weighted by molar-refractivity contribution is -0.122. The molecule has 1 aliphatic rings. The van der Waals surface area contributed by atoms with Gasteiger partial charge in [0.2, 0.25) is 5.91 Å². The van der Waals surface area contributed by atoms with Crippen molar-refractivity contribution in [3.63, 3.8) is 0 Å². The van der Waals surface area contributed by atoms with Crippen LogP contribution in [0, 0.1) is 5.82 Å². The summed E-state index contributed by atoms with van der Waals surface area (Å²) in [5.74, 6) is -2.87.